The molecular formula is C11H21NO2. The summed E-state index contributed by atoms with van der Waals surface area (Å²) in [6, 6.07) is 0.319. The van der Waals surface area contributed by atoms with Gasteiger partial charge >= 0.3 is 0 Å². The van der Waals surface area contributed by atoms with E-state index in [1.54, 1.807) is 0 Å². The molecule has 14 heavy (non-hydrogen) atoms. The Hall–Kier alpha value is -0.570. The van der Waals surface area contributed by atoms with Crippen LogP contribution in [0.4, 0.5) is 0 Å². The highest BCUT2D eigenvalue weighted by molar-refractivity contribution is 5.78. The van der Waals surface area contributed by atoms with Crippen molar-refractivity contribution in [1.29, 1.82) is 0 Å². The molecule has 3 heteroatoms. The highest BCUT2D eigenvalue weighted by Crippen LogP contribution is 2.22. The van der Waals surface area contributed by atoms with Crippen LogP contribution in [-0.4, -0.2) is 35.1 Å². The van der Waals surface area contributed by atoms with Crippen molar-refractivity contribution in [2.75, 3.05) is 13.2 Å². The first-order chi connectivity index (χ1) is 6.54. The highest BCUT2D eigenvalue weighted by Gasteiger charge is 2.31. The number of aliphatic hydroxyl groups is 1. The van der Waals surface area contributed by atoms with Crippen molar-refractivity contribution < 1.29 is 9.90 Å². The molecule has 1 heterocycles. The average molecular weight is 199 g/mol. The lowest BCUT2D eigenvalue weighted by molar-refractivity contribution is -0.129. The molecule has 1 rings (SSSR count). The summed E-state index contributed by atoms with van der Waals surface area (Å²) in [5, 5.41) is 8.99. The average Bonchev–Trinajstić information content (AvgIpc) is 2.45. The molecule has 0 aromatic heterocycles. The third kappa shape index (κ3) is 2.71. The van der Waals surface area contributed by atoms with Crippen molar-refractivity contribution in [3.8, 4) is 0 Å². The van der Waals surface area contributed by atoms with E-state index in [1.807, 2.05) is 4.90 Å². The molecule has 2 atom stereocenters. The van der Waals surface area contributed by atoms with Gasteiger partial charge in [-0.15, -0.1) is 0 Å². The zero-order valence-corrected chi connectivity index (χ0v) is 9.36. The maximum atomic E-state index is 11.6. The van der Waals surface area contributed by atoms with Crippen molar-refractivity contribution in [2.45, 2.75) is 39.7 Å². The molecule has 1 aliphatic rings. The number of hydrogen-bond acceptors (Lipinski definition) is 2. The van der Waals surface area contributed by atoms with Gasteiger partial charge in [0.1, 0.15) is 0 Å². The number of hydrogen-bond donors (Lipinski definition) is 1. The summed E-state index contributed by atoms with van der Waals surface area (Å²) in [5.41, 5.74) is 0. The van der Waals surface area contributed by atoms with Crippen LogP contribution >= 0.6 is 0 Å². The fourth-order valence-electron chi connectivity index (χ4n) is 2.17. The van der Waals surface area contributed by atoms with Gasteiger partial charge in [0, 0.05) is 31.5 Å². The smallest absolute Gasteiger partial charge is 0.223 e. The largest absolute Gasteiger partial charge is 0.396 e. The molecule has 0 spiro atoms. The molecular weight excluding hydrogens is 178 g/mol. The molecule has 3 nitrogen and oxygen atoms in total. The zero-order chi connectivity index (χ0) is 10.7. The standard InChI is InChI=1S/C11H21NO2/c1-8(2)4-9(3)12-6-10(7-13)5-11(12)14/h8-10,13H,4-7H2,1-3H3. The Morgan fingerprint density at radius 3 is 2.57 bits per heavy atom. The molecule has 1 saturated heterocycles. The number of aliphatic hydroxyl groups excluding tert-OH is 1. The Morgan fingerprint density at radius 2 is 2.14 bits per heavy atom. The Bertz CT molecular complexity index is 203. The number of rotatable bonds is 4. The van der Waals surface area contributed by atoms with Crippen LogP contribution in [0.3, 0.4) is 0 Å². The molecule has 1 fully saturated rings. The number of amides is 1. The lowest BCUT2D eigenvalue weighted by Crippen LogP contribution is -2.35. The van der Waals surface area contributed by atoms with Gasteiger partial charge in [-0.2, -0.15) is 0 Å². The van der Waals surface area contributed by atoms with Gasteiger partial charge < -0.3 is 10.0 Å². The molecule has 2 unspecified atom stereocenters. The van der Waals surface area contributed by atoms with E-state index in [4.69, 9.17) is 5.11 Å². The van der Waals surface area contributed by atoms with Gasteiger partial charge in [-0.25, -0.2) is 0 Å². The SMILES string of the molecule is CC(C)CC(C)N1CC(CO)CC1=O. The number of likely N-dealkylation sites (tertiary alicyclic amines) is 1. The van der Waals surface area contributed by atoms with Crippen LogP contribution in [0.2, 0.25) is 0 Å². The summed E-state index contributed by atoms with van der Waals surface area (Å²) >= 11 is 0. The van der Waals surface area contributed by atoms with Crippen LogP contribution in [0.5, 0.6) is 0 Å². The summed E-state index contributed by atoms with van der Waals surface area (Å²) in [6.07, 6.45) is 1.57. The maximum Gasteiger partial charge on any atom is 0.223 e. The van der Waals surface area contributed by atoms with E-state index in [1.165, 1.54) is 0 Å². The summed E-state index contributed by atoms with van der Waals surface area (Å²) in [4.78, 5) is 13.5. The quantitative estimate of drug-likeness (QED) is 0.740. The summed E-state index contributed by atoms with van der Waals surface area (Å²) < 4.78 is 0. The third-order valence-corrected chi connectivity index (χ3v) is 2.84. The Balaban J connectivity index is 2.48. The Labute approximate surface area is 86.1 Å². The lowest BCUT2D eigenvalue weighted by Gasteiger charge is -2.26. The minimum atomic E-state index is 0.136. The number of nitrogens with zero attached hydrogens (tertiary/aromatic N) is 1. The van der Waals surface area contributed by atoms with Crippen molar-refractivity contribution in [2.24, 2.45) is 11.8 Å². The first kappa shape index (κ1) is 11.5. The fraction of sp³-hybridized carbons (Fsp3) is 0.909. The second-order valence-electron chi connectivity index (χ2n) is 4.78. The first-order valence-electron chi connectivity index (χ1n) is 5.45. The summed E-state index contributed by atoms with van der Waals surface area (Å²) in [5.74, 6) is 0.986. The third-order valence-electron chi connectivity index (χ3n) is 2.84. The first-order valence-corrected chi connectivity index (χ1v) is 5.45. The van der Waals surface area contributed by atoms with Gasteiger partial charge in [-0.3, -0.25) is 4.79 Å². The Kier molecular flexibility index (Phi) is 3.93. The van der Waals surface area contributed by atoms with E-state index >= 15 is 0 Å². The van der Waals surface area contributed by atoms with Crippen LogP contribution in [0.25, 0.3) is 0 Å². The van der Waals surface area contributed by atoms with E-state index in [-0.39, 0.29) is 18.4 Å². The maximum absolute atomic E-state index is 11.6. The van der Waals surface area contributed by atoms with Crippen molar-refractivity contribution in [1.82, 2.24) is 4.90 Å². The molecule has 0 aromatic rings. The van der Waals surface area contributed by atoms with Gasteiger partial charge in [0.25, 0.3) is 0 Å². The van der Waals surface area contributed by atoms with Gasteiger partial charge in [0.2, 0.25) is 5.91 Å². The molecule has 0 bridgehead atoms. The van der Waals surface area contributed by atoms with Crippen molar-refractivity contribution in [3.05, 3.63) is 0 Å². The van der Waals surface area contributed by atoms with Crippen molar-refractivity contribution in [3.63, 3.8) is 0 Å². The van der Waals surface area contributed by atoms with Crippen LogP contribution < -0.4 is 0 Å². The van der Waals surface area contributed by atoms with Crippen LogP contribution in [0.15, 0.2) is 0 Å². The molecule has 1 N–H and O–H groups in total. The summed E-state index contributed by atoms with van der Waals surface area (Å²) in [6.45, 7) is 7.30. The van der Waals surface area contributed by atoms with Crippen LogP contribution in [-0.2, 0) is 4.79 Å². The second kappa shape index (κ2) is 4.78. The molecule has 0 saturated carbocycles. The molecule has 0 aliphatic carbocycles. The number of carbonyl (C=O) groups excluding carboxylic acids is 1. The second-order valence-corrected chi connectivity index (χ2v) is 4.78. The van der Waals surface area contributed by atoms with E-state index in [0.29, 0.717) is 18.4 Å². The van der Waals surface area contributed by atoms with Crippen LogP contribution in [0.1, 0.15) is 33.6 Å². The van der Waals surface area contributed by atoms with Gasteiger partial charge in [0.15, 0.2) is 0 Å². The molecule has 82 valence electrons. The van der Waals surface area contributed by atoms with E-state index in [0.717, 1.165) is 13.0 Å². The lowest BCUT2D eigenvalue weighted by atomic mass is 10.0. The topological polar surface area (TPSA) is 40.5 Å². The number of carbonyl (C=O) groups is 1. The van der Waals surface area contributed by atoms with E-state index in [2.05, 4.69) is 20.8 Å². The van der Waals surface area contributed by atoms with Crippen molar-refractivity contribution >= 4 is 5.91 Å². The Morgan fingerprint density at radius 1 is 1.50 bits per heavy atom. The monoisotopic (exact) mass is 199 g/mol. The van der Waals surface area contributed by atoms with E-state index in [9.17, 15) is 4.79 Å². The van der Waals surface area contributed by atoms with Crippen LogP contribution in [0, 0.1) is 11.8 Å². The molecule has 1 aliphatic heterocycles. The minimum absolute atomic E-state index is 0.136. The normalized spacial score (nSPS) is 24.8. The highest BCUT2D eigenvalue weighted by atomic mass is 16.3. The van der Waals surface area contributed by atoms with Gasteiger partial charge in [-0.05, 0) is 19.3 Å². The molecule has 0 radical (unpaired) electrons. The zero-order valence-electron chi connectivity index (χ0n) is 9.36. The summed E-state index contributed by atoms with van der Waals surface area (Å²) in [7, 11) is 0. The minimum Gasteiger partial charge on any atom is -0.396 e. The van der Waals surface area contributed by atoms with E-state index < -0.39 is 0 Å². The fourth-order valence-corrected chi connectivity index (χ4v) is 2.17. The molecule has 1 amide bonds. The predicted octanol–water partition coefficient (Wildman–Crippen LogP) is 1.26. The van der Waals surface area contributed by atoms with Gasteiger partial charge in [0.05, 0.1) is 0 Å². The molecule has 0 aromatic carbocycles. The predicted molar refractivity (Wildman–Crippen MR) is 55.8 cm³/mol. The van der Waals surface area contributed by atoms with Gasteiger partial charge in [-0.1, -0.05) is 13.8 Å².